The van der Waals surface area contributed by atoms with E-state index in [-0.39, 0.29) is 47.8 Å². The summed E-state index contributed by atoms with van der Waals surface area (Å²) in [7, 11) is -0.831. The number of carbonyl (C=O) groups is 2. The fourth-order valence-electron chi connectivity index (χ4n) is 4.01. The third-order valence-electron chi connectivity index (χ3n) is 7.25. The van der Waals surface area contributed by atoms with Crippen LogP contribution in [0.4, 0.5) is 19.1 Å². The summed E-state index contributed by atoms with van der Waals surface area (Å²) in [5.41, 5.74) is 9.24. The van der Waals surface area contributed by atoms with E-state index in [0.717, 1.165) is 0 Å². The van der Waals surface area contributed by atoms with Crippen molar-refractivity contribution in [2.24, 2.45) is 5.11 Å². The number of anilines is 1. The standard InChI is InChI=1S/C26H35F3N8O6Si/c1-15(38)33-24-34-21-20(22(35-24)40-5)16(9-8-10-31-23(39)26(27,28)29)12-37(21)19-11-17(41-14-32-36-30)18(43-19)13-42-44(6,7)25(2,3)4/h12,17-19H,10-11,13-14H2,1-7H3,(H,31,39)(H,33,34,35,38)/t17-,18-,19-/m0/s1. The molecule has 3 atom stereocenters. The molecular weight excluding hydrogens is 605 g/mol. The molecule has 1 aliphatic heterocycles. The molecule has 240 valence electrons. The van der Waals surface area contributed by atoms with Gasteiger partial charge >= 0.3 is 12.1 Å². The number of halogens is 3. The molecule has 2 N–H and O–H groups in total. The van der Waals surface area contributed by atoms with Crippen molar-refractivity contribution in [3.05, 3.63) is 22.2 Å². The summed E-state index contributed by atoms with van der Waals surface area (Å²) >= 11 is 0. The number of alkyl halides is 3. The van der Waals surface area contributed by atoms with Gasteiger partial charge in [0.15, 0.2) is 14.0 Å². The molecular formula is C26H35F3N8O6Si. The van der Waals surface area contributed by atoms with Crippen LogP contribution in [-0.4, -0.2) is 80.0 Å². The van der Waals surface area contributed by atoms with Crippen molar-refractivity contribution < 1.29 is 41.4 Å². The quantitative estimate of drug-likeness (QED) is 0.126. The Labute approximate surface area is 252 Å². The molecule has 0 aliphatic carbocycles. The Hall–Kier alpha value is -3.88. The average molecular weight is 641 g/mol. The molecule has 2 aromatic rings. The van der Waals surface area contributed by atoms with Crippen molar-refractivity contribution in [3.8, 4) is 17.7 Å². The Bertz CT molecular complexity index is 1490. The number of nitrogens with zero attached hydrogens (tertiary/aromatic N) is 6. The first-order valence-corrected chi connectivity index (χ1v) is 16.4. The van der Waals surface area contributed by atoms with Gasteiger partial charge < -0.3 is 28.5 Å². The van der Waals surface area contributed by atoms with E-state index in [1.54, 1.807) is 16.1 Å². The fraction of sp³-hybridized carbons (Fsp3) is 0.615. The molecule has 3 rings (SSSR count). The van der Waals surface area contributed by atoms with E-state index in [1.807, 2.05) is 0 Å². The molecule has 1 fully saturated rings. The van der Waals surface area contributed by atoms with Crippen LogP contribution >= 0.6 is 0 Å². The summed E-state index contributed by atoms with van der Waals surface area (Å²) in [6, 6.07) is 0. The van der Waals surface area contributed by atoms with E-state index in [4.69, 9.17) is 24.2 Å². The summed E-state index contributed by atoms with van der Waals surface area (Å²) in [6.45, 7) is 11.2. The van der Waals surface area contributed by atoms with Crippen LogP contribution in [0.5, 0.6) is 5.88 Å². The van der Waals surface area contributed by atoms with Gasteiger partial charge in [-0.1, -0.05) is 37.7 Å². The first kappa shape index (κ1) is 34.6. The van der Waals surface area contributed by atoms with Crippen molar-refractivity contribution in [2.45, 2.75) is 76.9 Å². The van der Waals surface area contributed by atoms with Gasteiger partial charge in [-0.05, 0) is 23.7 Å². The molecule has 0 unspecified atom stereocenters. The van der Waals surface area contributed by atoms with Gasteiger partial charge in [-0.2, -0.15) is 23.1 Å². The van der Waals surface area contributed by atoms with Crippen LogP contribution in [0, 0.1) is 11.8 Å². The first-order valence-electron chi connectivity index (χ1n) is 13.5. The Morgan fingerprint density at radius 1 is 1.30 bits per heavy atom. The molecule has 1 aliphatic rings. The molecule has 2 aromatic heterocycles. The Kier molecular flexibility index (Phi) is 10.9. The molecule has 18 heteroatoms. The van der Waals surface area contributed by atoms with Gasteiger partial charge in [0.2, 0.25) is 17.7 Å². The number of amides is 2. The van der Waals surface area contributed by atoms with Gasteiger partial charge in [0.1, 0.15) is 19.1 Å². The maximum Gasteiger partial charge on any atom is 0.471 e. The van der Waals surface area contributed by atoms with E-state index in [9.17, 15) is 22.8 Å². The van der Waals surface area contributed by atoms with Crippen LogP contribution in [0.2, 0.25) is 18.1 Å². The predicted octanol–water partition coefficient (Wildman–Crippen LogP) is 4.39. The van der Waals surface area contributed by atoms with Crippen LogP contribution in [0.25, 0.3) is 21.5 Å². The highest BCUT2D eigenvalue weighted by atomic mass is 28.4. The lowest BCUT2D eigenvalue weighted by Crippen LogP contribution is -2.44. The number of nitrogens with one attached hydrogen (secondary N) is 2. The number of methoxy groups -OCH3 is 1. The number of hydrogen-bond acceptors (Lipinski definition) is 9. The third kappa shape index (κ3) is 8.39. The van der Waals surface area contributed by atoms with Crippen molar-refractivity contribution in [3.63, 3.8) is 0 Å². The van der Waals surface area contributed by atoms with Crippen molar-refractivity contribution in [1.29, 1.82) is 0 Å². The van der Waals surface area contributed by atoms with E-state index < -0.39 is 51.3 Å². The number of carbonyl (C=O) groups excluding carboxylic acids is 2. The lowest BCUT2D eigenvalue weighted by molar-refractivity contribution is -0.173. The second-order valence-electron chi connectivity index (χ2n) is 11.4. The molecule has 14 nitrogen and oxygen atoms in total. The molecule has 0 spiro atoms. The number of ether oxygens (including phenoxy) is 3. The minimum Gasteiger partial charge on any atom is -0.480 e. The molecule has 3 heterocycles. The molecule has 0 aromatic carbocycles. The minimum absolute atomic E-state index is 0.0353. The highest BCUT2D eigenvalue weighted by molar-refractivity contribution is 6.74. The molecule has 2 amide bonds. The number of fused-ring (bicyclic) bond motifs is 1. The summed E-state index contributed by atoms with van der Waals surface area (Å²) in [5, 5.41) is 7.90. The second-order valence-corrected chi connectivity index (χ2v) is 16.2. The third-order valence-corrected chi connectivity index (χ3v) is 11.8. The summed E-state index contributed by atoms with van der Waals surface area (Å²) in [5.74, 6) is 2.65. The Morgan fingerprint density at radius 3 is 2.59 bits per heavy atom. The van der Waals surface area contributed by atoms with Gasteiger partial charge in [-0.25, -0.2) is 0 Å². The van der Waals surface area contributed by atoms with Gasteiger partial charge in [0, 0.05) is 24.5 Å². The fourth-order valence-corrected chi connectivity index (χ4v) is 5.03. The maximum atomic E-state index is 12.6. The summed E-state index contributed by atoms with van der Waals surface area (Å²) in [6.07, 6.45) is -5.04. The van der Waals surface area contributed by atoms with E-state index in [1.165, 1.54) is 14.0 Å². The van der Waals surface area contributed by atoms with E-state index >= 15 is 0 Å². The SMILES string of the molecule is COc1nc(NC(C)=O)nc2c1c(C#CCNC(=O)C(F)(F)F)cn2[C@@H]1C[C@H](OCN=[N+]=[N-])[C@H](CO[Si](C)(C)C(C)(C)C)O1. The summed E-state index contributed by atoms with van der Waals surface area (Å²) in [4.78, 5) is 34.4. The molecule has 0 bridgehead atoms. The van der Waals surface area contributed by atoms with Crippen molar-refractivity contribution in [1.82, 2.24) is 19.9 Å². The molecule has 0 saturated carbocycles. The molecule has 1 saturated heterocycles. The lowest BCUT2D eigenvalue weighted by Gasteiger charge is -2.37. The van der Waals surface area contributed by atoms with Crippen LogP contribution in [0.1, 0.15) is 45.9 Å². The Balaban J connectivity index is 2.03. The first-order chi connectivity index (χ1) is 20.5. The zero-order valence-electron chi connectivity index (χ0n) is 25.4. The number of aromatic nitrogens is 3. The topological polar surface area (TPSA) is 175 Å². The van der Waals surface area contributed by atoms with Crippen LogP contribution < -0.4 is 15.4 Å². The second kappa shape index (κ2) is 13.8. The van der Waals surface area contributed by atoms with Crippen molar-refractivity contribution in [2.75, 3.05) is 32.3 Å². The van der Waals surface area contributed by atoms with Crippen LogP contribution in [-0.2, 0) is 23.5 Å². The molecule has 0 radical (unpaired) electrons. The number of azide groups is 1. The highest BCUT2D eigenvalue weighted by Gasteiger charge is 2.42. The lowest BCUT2D eigenvalue weighted by atomic mass is 10.2. The van der Waals surface area contributed by atoms with Gasteiger partial charge in [-0.15, -0.1) is 0 Å². The van der Waals surface area contributed by atoms with E-state index in [0.29, 0.717) is 5.39 Å². The monoisotopic (exact) mass is 640 g/mol. The van der Waals surface area contributed by atoms with E-state index in [2.05, 4.69) is 71.0 Å². The van der Waals surface area contributed by atoms with Gasteiger partial charge in [0.05, 0.1) is 37.3 Å². The van der Waals surface area contributed by atoms with Gasteiger partial charge in [-0.3, -0.25) is 14.9 Å². The Morgan fingerprint density at radius 2 is 2.00 bits per heavy atom. The largest absolute Gasteiger partial charge is 0.480 e. The zero-order valence-corrected chi connectivity index (χ0v) is 26.4. The predicted molar refractivity (Wildman–Crippen MR) is 155 cm³/mol. The minimum atomic E-state index is -5.04. The number of hydrogen-bond donors (Lipinski definition) is 2. The zero-order chi connectivity index (χ0) is 32.9. The average Bonchev–Trinajstić information content (AvgIpc) is 3.49. The van der Waals surface area contributed by atoms with Crippen LogP contribution in [0.3, 0.4) is 0 Å². The summed E-state index contributed by atoms with van der Waals surface area (Å²) < 4.78 is 63.4. The highest BCUT2D eigenvalue weighted by Crippen LogP contribution is 2.40. The number of rotatable bonds is 10. The maximum absolute atomic E-state index is 12.6. The van der Waals surface area contributed by atoms with Crippen molar-refractivity contribution >= 4 is 37.1 Å². The smallest absolute Gasteiger partial charge is 0.471 e. The van der Waals surface area contributed by atoms with Gasteiger partial charge in [0.25, 0.3) is 0 Å². The van der Waals surface area contributed by atoms with Crippen LogP contribution in [0.15, 0.2) is 11.3 Å². The normalized spacial score (nSPS) is 18.7. The molecule has 44 heavy (non-hydrogen) atoms.